The predicted octanol–water partition coefficient (Wildman–Crippen LogP) is 2.14. The number of hydrogen-bond acceptors (Lipinski definition) is 5. The van der Waals surface area contributed by atoms with Crippen LogP contribution in [0.3, 0.4) is 0 Å². The standard InChI is InChI=1S/C16H19FO5/c1-11(21-9-14-3-2-8-20-14)16(19)22-10-15(18)12-4-6-13(17)7-5-12/h4-7,11,14H,2-3,8-10H2,1H3. The molecule has 0 saturated carbocycles. The SMILES string of the molecule is CC(OCC1CCCO1)C(=O)OCC(=O)c1ccc(F)cc1. The lowest BCUT2D eigenvalue weighted by Gasteiger charge is -2.15. The predicted molar refractivity (Wildman–Crippen MR) is 76.1 cm³/mol. The Morgan fingerprint density at radius 3 is 2.73 bits per heavy atom. The van der Waals surface area contributed by atoms with E-state index in [0.717, 1.165) is 19.4 Å². The highest BCUT2D eigenvalue weighted by Gasteiger charge is 2.21. The lowest BCUT2D eigenvalue weighted by atomic mass is 10.1. The molecule has 0 N–H and O–H groups in total. The number of Topliss-reactive ketones (excluding diaryl/α,β-unsaturated/α-hetero) is 1. The number of rotatable bonds is 7. The van der Waals surface area contributed by atoms with Gasteiger partial charge in [-0.1, -0.05) is 0 Å². The molecule has 2 rings (SSSR count). The summed E-state index contributed by atoms with van der Waals surface area (Å²) in [6, 6.07) is 5.07. The second-order valence-corrected chi connectivity index (χ2v) is 5.15. The summed E-state index contributed by atoms with van der Waals surface area (Å²) in [6.45, 7) is 2.24. The Morgan fingerprint density at radius 1 is 1.36 bits per heavy atom. The molecule has 5 nitrogen and oxygen atoms in total. The number of carbonyl (C=O) groups is 2. The average Bonchev–Trinajstić information content (AvgIpc) is 3.04. The van der Waals surface area contributed by atoms with E-state index in [1.807, 2.05) is 0 Å². The highest BCUT2D eigenvalue weighted by Crippen LogP contribution is 2.13. The fraction of sp³-hybridized carbons (Fsp3) is 0.500. The largest absolute Gasteiger partial charge is 0.455 e. The van der Waals surface area contributed by atoms with Crippen molar-refractivity contribution in [1.82, 2.24) is 0 Å². The van der Waals surface area contributed by atoms with Crippen LogP contribution in [0, 0.1) is 5.82 Å². The number of ether oxygens (including phenoxy) is 3. The molecule has 1 fully saturated rings. The van der Waals surface area contributed by atoms with E-state index < -0.39 is 24.5 Å². The van der Waals surface area contributed by atoms with E-state index in [0.29, 0.717) is 12.2 Å². The third-order valence-corrected chi connectivity index (χ3v) is 3.40. The monoisotopic (exact) mass is 310 g/mol. The van der Waals surface area contributed by atoms with Gasteiger partial charge in [0.1, 0.15) is 5.82 Å². The van der Waals surface area contributed by atoms with Gasteiger partial charge in [-0.25, -0.2) is 9.18 Å². The first-order chi connectivity index (χ1) is 10.6. The van der Waals surface area contributed by atoms with Crippen molar-refractivity contribution in [3.05, 3.63) is 35.6 Å². The molecule has 0 aromatic heterocycles. The molecule has 6 heteroatoms. The van der Waals surface area contributed by atoms with E-state index in [2.05, 4.69) is 0 Å². The van der Waals surface area contributed by atoms with E-state index in [-0.39, 0.29) is 11.9 Å². The van der Waals surface area contributed by atoms with E-state index in [1.165, 1.54) is 24.3 Å². The van der Waals surface area contributed by atoms with Crippen molar-refractivity contribution in [2.24, 2.45) is 0 Å². The van der Waals surface area contributed by atoms with Crippen molar-refractivity contribution in [3.63, 3.8) is 0 Å². The second-order valence-electron chi connectivity index (χ2n) is 5.15. The molecule has 0 amide bonds. The van der Waals surface area contributed by atoms with Gasteiger partial charge in [-0.15, -0.1) is 0 Å². The number of carbonyl (C=O) groups excluding carboxylic acids is 2. The fourth-order valence-electron chi connectivity index (χ4n) is 2.07. The fourth-order valence-corrected chi connectivity index (χ4v) is 2.07. The van der Waals surface area contributed by atoms with E-state index in [9.17, 15) is 14.0 Å². The van der Waals surface area contributed by atoms with Crippen LogP contribution in [0.1, 0.15) is 30.1 Å². The Bertz CT molecular complexity index is 508. The minimum atomic E-state index is -0.759. The van der Waals surface area contributed by atoms with Crippen LogP contribution in [-0.4, -0.2) is 43.8 Å². The zero-order valence-corrected chi connectivity index (χ0v) is 12.4. The number of halogens is 1. The quantitative estimate of drug-likeness (QED) is 0.570. The molecule has 1 aliphatic rings. The summed E-state index contributed by atoms with van der Waals surface area (Å²) in [4.78, 5) is 23.5. The van der Waals surface area contributed by atoms with E-state index >= 15 is 0 Å². The maximum absolute atomic E-state index is 12.8. The lowest BCUT2D eigenvalue weighted by molar-refractivity contribution is -0.156. The zero-order chi connectivity index (χ0) is 15.9. The summed E-state index contributed by atoms with van der Waals surface area (Å²) in [5, 5.41) is 0. The Kier molecular flexibility index (Phi) is 6.03. The summed E-state index contributed by atoms with van der Waals surface area (Å²) >= 11 is 0. The molecule has 2 unspecified atom stereocenters. The molecule has 1 aliphatic heterocycles. The summed E-state index contributed by atoms with van der Waals surface area (Å²) in [5.74, 6) is -1.42. The Balaban J connectivity index is 1.71. The van der Waals surface area contributed by atoms with Crippen molar-refractivity contribution in [3.8, 4) is 0 Å². The Labute approximate surface area is 128 Å². The lowest BCUT2D eigenvalue weighted by Crippen LogP contribution is -2.28. The molecule has 1 heterocycles. The van der Waals surface area contributed by atoms with Crippen LogP contribution in [0.15, 0.2) is 24.3 Å². The zero-order valence-electron chi connectivity index (χ0n) is 12.4. The molecule has 1 saturated heterocycles. The van der Waals surface area contributed by atoms with Gasteiger partial charge in [-0.3, -0.25) is 4.79 Å². The summed E-state index contributed by atoms with van der Waals surface area (Å²) in [6.07, 6.45) is 1.19. The van der Waals surface area contributed by atoms with Crippen molar-refractivity contribution >= 4 is 11.8 Å². The second kappa shape index (κ2) is 8.00. The maximum Gasteiger partial charge on any atom is 0.335 e. The smallest absolute Gasteiger partial charge is 0.335 e. The van der Waals surface area contributed by atoms with Crippen LogP contribution in [0.4, 0.5) is 4.39 Å². The first-order valence-corrected chi connectivity index (χ1v) is 7.25. The molecule has 22 heavy (non-hydrogen) atoms. The number of benzene rings is 1. The molecule has 120 valence electrons. The third-order valence-electron chi connectivity index (χ3n) is 3.40. The van der Waals surface area contributed by atoms with Gasteiger partial charge in [0.05, 0.1) is 12.7 Å². The first-order valence-electron chi connectivity index (χ1n) is 7.25. The summed E-state index contributed by atoms with van der Waals surface area (Å²) in [5.41, 5.74) is 0.294. The first kappa shape index (κ1) is 16.6. The highest BCUT2D eigenvalue weighted by atomic mass is 19.1. The highest BCUT2D eigenvalue weighted by molar-refractivity contribution is 5.98. The van der Waals surface area contributed by atoms with Gasteiger partial charge >= 0.3 is 5.97 Å². The van der Waals surface area contributed by atoms with Crippen LogP contribution in [0.2, 0.25) is 0 Å². The summed E-state index contributed by atoms with van der Waals surface area (Å²) in [7, 11) is 0. The Hall–Kier alpha value is -1.79. The molecular weight excluding hydrogens is 291 g/mol. The van der Waals surface area contributed by atoms with Gasteiger partial charge in [0.25, 0.3) is 0 Å². The molecule has 0 radical (unpaired) electrons. The van der Waals surface area contributed by atoms with Gasteiger partial charge in [-0.2, -0.15) is 0 Å². The molecule has 2 atom stereocenters. The van der Waals surface area contributed by atoms with E-state index in [1.54, 1.807) is 6.92 Å². The van der Waals surface area contributed by atoms with Crippen molar-refractivity contribution in [2.45, 2.75) is 32.0 Å². The maximum atomic E-state index is 12.8. The van der Waals surface area contributed by atoms with Gasteiger partial charge in [0, 0.05) is 12.2 Å². The van der Waals surface area contributed by atoms with Crippen LogP contribution < -0.4 is 0 Å². The average molecular weight is 310 g/mol. The van der Waals surface area contributed by atoms with Gasteiger partial charge in [0.15, 0.2) is 18.5 Å². The molecule has 1 aromatic rings. The molecule has 0 bridgehead atoms. The van der Waals surface area contributed by atoms with Crippen molar-refractivity contribution in [2.75, 3.05) is 19.8 Å². The Morgan fingerprint density at radius 2 is 2.09 bits per heavy atom. The van der Waals surface area contributed by atoms with Gasteiger partial charge in [0.2, 0.25) is 0 Å². The summed E-state index contributed by atoms with van der Waals surface area (Å²) < 4.78 is 28.4. The van der Waals surface area contributed by atoms with Crippen LogP contribution in [0.25, 0.3) is 0 Å². The van der Waals surface area contributed by atoms with E-state index in [4.69, 9.17) is 14.2 Å². The minimum absolute atomic E-state index is 0.0242. The topological polar surface area (TPSA) is 61.8 Å². The van der Waals surface area contributed by atoms with Crippen molar-refractivity contribution in [1.29, 1.82) is 0 Å². The molecule has 1 aromatic carbocycles. The van der Waals surface area contributed by atoms with Gasteiger partial charge < -0.3 is 14.2 Å². The number of ketones is 1. The molecule has 0 aliphatic carbocycles. The van der Waals surface area contributed by atoms with Crippen LogP contribution in [0.5, 0.6) is 0 Å². The van der Waals surface area contributed by atoms with Crippen LogP contribution in [-0.2, 0) is 19.0 Å². The van der Waals surface area contributed by atoms with Crippen LogP contribution >= 0.6 is 0 Å². The minimum Gasteiger partial charge on any atom is -0.455 e. The number of hydrogen-bond donors (Lipinski definition) is 0. The number of esters is 1. The molecule has 0 spiro atoms. The third kappa shape index (κ3) is 4.89. The molecular formula is C16H19FO5. The van der Waals surface area contributed by atoms with Crippen molar-refractivity contribution < 1.29 is 28.2 Å². The normalized spacial score (nSPS) is 18.9. The van der Waals surface area contributed by atoms with Gasteiger partial charge in [-0.05, 0) is 44.0 Å².